The maximum Gasteiger partial charge on any atom is 0.252 e. The van der Waals surface area contributed by atoms with Gasteiger partial charge in [0.25, 0.3) is 10.0 Å². The van der Waals surface area contributed by atoms with Crippen LogP contribution < -0.4 is 9.64 Å². The topological polar surface area (TPSA) is 83.0 Å². The molecule has 1 unspecified atom stereocenters. The van der Waals surface area contributed by atoms with Crippen molar-refractivity contribution < 1.29 is 17.9 Å². The zero-order valence-electron chi connectivity index (χ0n) is 18.3. The van der Waals surface area contributed by atoms with Gasteiger partial charge in [0.05, 0.1) is 17.7 Å². The Balaban J connectivity index is 1.23. The van der Waals surface area contributed by atoms with Gasteiger partial charge in [0, 0.05) is 39.3 Å². The molecule has 2 aliphatic rings. The lowest BCUT2D eigenvalue weighted by Crippen LogP contribution is -2.53. The van der Waals surface area contributed by atoms with Crippen LogP contribution in [0.1, 0.15) is 12.8 Å². The molecule has 2 aliphatic heterocycles. The number of sulfonamides is 1. The molecule has 33 heavy (non-hydrogen) atoms. The van der Waals surface area contributed by atoms with Gasteiger partial charge in [0.15, 0.2) is 5.13 Å². The molecule has 4 heterocycles. The lowest BCUT2D eigenvalue weighted by atomic mass is 9.98. The largest absolute Gasteiger partial charge is 0.494 e. The second kappa shape index (κ2) is 9.21. The van der Waals surface area contributed by atoms with E-state index in [1.807, 2.05) is 23.1 Å². The molecular weight excluding hydrogens is 480 g/mol. The van der Waals surface area contributed by atoms with E-state index in [1.54, 1.807) is 36.0 Å². The number of anilines is 1. The van der Waals surface area contributed by atoms with Crippen molar-refractivity contribution in [2.75, 3.05) is 51.3 Å². The number of piperazine rings is 1. The summed E-state index contributed by atoms with van der Waals surface area (Å²) in [6.07, 6.45) is 1.43. The molecule has 0 saturated carbocycles. The molecule has 1 aromatic carbocycles. The van der Waals surface area contributed by atoms with Crippen molar-refractivity contribution in [1.29, 1.82) is 0 Å². The number of rotatable bonds is 5. The Hall–Kier alpha value is -2.21. The predicted molar refractivity (Wildman–Crippen MR) is 131 cm³/mol. The summed E-state index contributed by atoms with van der Waals surface area (Å²) < 4.78 is 34.1. The van der Waals surface area contributed by atoms with E-state index in [9.17, 15) is 13.2 Å². The van der Waals surface area contributed by atoms with Crippen LogP contribution >= 0.6 is 22.7 Å². The van der Waals surface area contributed by atoms with E-state index in [1.165, 1.54) is 15.6 Å². The summed E-state index contributed by atoms with van der Waals surface area (Å²) in [5, 5.41) is 2.70. The average Bonchev–Trinajstić information content (AvgIpc) is 3.54. The fourth-order valence-corrected chi connectivity index (χ4v) is 8.19. The first-order valence-electron chi connectivity index (χ1n) is 11.0. The molecule has 2 saturated heterocycles. The Kier molecular flexibility index (Phi) is 6.30. The highest BCUT2D eigenvalue weighted by atomic mass is 32.2. The van der Waals surface area contributed by atoms with Crippen LogP contribution in [0, 0.1) is 5.92 Å². The summed E-state index contributed by atoms with van der Waals surface area (Å²) in [6, 6.07) is 9.28. The van der Waals surface area contributed by atoms with Crippen LogP contribution in [0.25, 0.3) is 10.2 Å². The van der Waals surface area contributed by atoms with Gasteiger partial charge in [0.2, 0.25) is 5.91 Å². The van der Waals surface area contributed by atoms with Gasteiger partial charge in [-0.15, -0.1) is 11.3 Å². The van der Waals surface area contributed by atoms with Crippen molar-refractivity contribution in [1.82, 2.24) is 14.2 Å². The molecule has 3 aromatic rings. The minimum atomic E-state index is -3.52. The number of carbonyl (C=O) groups is 1. The third-order valence-electron chi connectivity index (χ3n) is 6.28. The van der Waals surface area contributed by atoms with Gasteiger partial charge in [-0.25, -0.2) is 13.4 Å². The number of hydrogen-bond acceptors (Lipinski definition) is 8. The number of aromatic nitrogens is 1. The van der Waals surface area contributed by atoms with Gasteiger partial charge >= 0.3 is 0 Å². The molecule has 0 spiro atoms. The molecule has 0 bridgehead atoms. The van der Waals surface area contributed by atoms with Gasteiger partial charge in [-0.1, -0.05) is 23.5 Å². The van der Waals surface area contributed by atoms with E-state index >= 15 is 0 Å². The Morgan fingerprint density at radius 3 is 2.67 bits per heavy atom. The quantitative estimate of drug-likeness (QED) is 0.529. The summed E-state index contributed by atoms with van der Waals surface area (Å²) in [4.78, 5) is 22.1. The number of benzene rings is 1. The smallest absolute Gasteiger partial charge is 0.252 e. The molecule has 0 aliphatic carbocycles. The fraction of sp³-hybridized carbons (Fsp3) is 0.455. The Morgan fingerprint density at radius 2 is 1.94 bits per heavy atom. The van der Waals surface area contributed by atoms with E-state index in [0.717, 1.165) is 27.5 Å². The number of para-hydroxylation sites is 1. The molecule has 1 atom stereocenters. The standard InChI is InChI=1S/C22H26N4O4S3/c1-30-17-6-2-7-18-20(17)23-22(32-18)25-12-10-24(11-13-25)21(27)16-5-3-9-26(15-16)33(28,29)19-8-4-14-31-19/h2,4,6-8,14,16H,3,5,9-13,15H2,1H3. The van der Waals surface area contributed by atoms with E-state index in [0.29, 0.717) is 43.4 Å². The number of thiazole rings is 1. The van der Waals surface area contributed by atoms with Crippen LogP contribution in [0.3, 0.4) is 0 Å². The van der Waals surface area contributed by atoms with E-state index in [2.05, 4.69) is 4.90 Å². The Labute approximate surface area is 201 Å². The molecule has 1 amide bonds. The predicted octanol–water partition coefficient (Wildman–Crippen LogP) is 3.12. The Morgan fingerprint density at radius 1 is 1.12 bits per heavy atom. The van der Waals surface area contributed by atoms with E-state index in [4.69, 9.17) is 9.72 Å². The normalized spacial score (nSPS) is 20.3. The highest BCUT2D eigenvalue weighted by Crippen LogP contribution is 2.34. The average molecular weight is 507 g/mol. The van der Waals surface area contributed by atoms with Crippen molar-refractivity contribution in [3.05, 3.63) is 35.7 Å². The molecule has 8 nitrogen and oxygen atoms in total. The van der Waals surface area contributed by atoms with Gasteiger partial charge in [-0.2, -0.15) is 4.31 Å². The number of hydrogen-bond donors (Lipinski definition) is 0. The second-order valence-corrected chi connectivity index (χ2v) is 12.4. The van der Waals surface area contributed by atoms with Crippen LogP contribution in [0.15, 0.2) is 39.9 Å². The number of amides is 1. The lowest BCUT2D eigenvalue weighted by molar-refractivity contribution is -0.137. The Bertz CT molecular complexity index is 1230. The van der Waals surface area contributed by atoms with Crippen molar-refractivity contribution in [3.8, 4) is 5.75 Å². The highest BCUT2D eigenvalue weighted by Gasteiger charge is 2.36. The number of methoxy groups -OCH3 is 1. The number of ether oxygens (including phenoxy) is 1. The molecule has 2 aromatic heterocycles. The first-order chi connectivity index (χ1) is 16.0. The molecule has 11 heteroatoms. The summed E-state index contributed by atoms with van der Waals surface area (Å²) in [5.41, 5.74) is 0.868. The molecular formula is C22H26N4O4S3. The fourth-order valence-electron chi connectivity index (χ4n) is 4.49. The van der Waals surface area contributed by atoms with Gasteiger partial charge in [0.1, 0.15) is 15.5 Å². The molecule has 0 N–H and O–H groups in total. The second-order valence-electron chi connectivity index (χ2n) is 8.25. The van der Waals surface area contributed by atoms with Gasteiger partial charge < -0.3 is 14.5 Å². The zero-order chi connectivity index (χ0) is 23.0. The first kappa shape index (κ1) is 22.6. The van der Waals surface area contributed by atoms with E-state index < -0.39 is 10.0 Å². The number of piperidine rings is 1. The molecule has 176 valence electrons. The SMILES string of the molecule is COc1cccc2sc(N3CCN(C(=O)C4CCCN(S(=O)(=O)c5cccs5)C4)CC3)nc12. The molecule has 5 rings (SSSR count). The van der Waals surface area contributed by atoms with Crippen LogP contribution in [0.2, 0.25) is 0 Å². The summed E-state index contributed by atoms with van der Waals surface area (Å²) in [7, 11) is -1.87. The van der Waals surface area contributed by atoms with E-state index in [-0.39, 0.29) is 18.4 Å². The summed E-state index contributed by atoms with van der Waals surface area (Å²) in [5.74, 6) is 0.543. The van der Waals surface area contributed by atoms with Gasteiger partial charge in [-0.05, 0) is 36.4 Å². The zero-order valence-corrected chi connectivity index (χ0v) is 20.8. The number of carbonyl (C=O) groups excluding carboxylic acids is 1. The number of thiophene rings is 1. The lowest BCUT2D eigenvalue weighted by Gasteiger charge is -2.38. The summed E-state index contributed by atoms with van der Waals surface area (Å²) >= 11 is 2.85. The number of nitrogens with zero attached hydrogens (tertiary/aromatic N) is 4. The van der Waals surface area contributed by atoms with Crippen LogP contribution in [-0.2, 0) is 14.8 Å². The van der Waals surface area contributed by atoms with Crippen LogP contribution in [-0.4, -0.2) is 74.9 Å². The monoisotopic (exact) mass is 506 g/mol. The van der Waals surface area contributed by atoms with Crippen molar-refractivity contribution >= 4 is 54.0 Å². The third kappa shape index (κ3) is 4.34. The van der Waals surface area contributed by atoms with Crippen molar-refractivity contribution in [2.24, 2.45) is 5.92 Å². The summed E-state index contributed by atoms with van der Waals surface area (Å²) in [6.45, 7) is 3.37. The molecule has 0 radical (unpaired) electrons. The molecule has 2 fully saturated rings. The van der Waals surface area contributed by atoms with Crippen molar-refractivity contribution in [3.63, 3.8) is 0 Å². The third-order valence-corrected chi connectivity index (χ3v) is 10.6. The van der Waals surface area contributed by atoms with Crippen LogP contribution in [0.5, 0.6) is 5.75 Å². The maximum absolute atomic E-state index is 13.2. The minimum absolute atomic E-state index is 0.0618. The van der Waals surface area contributed by atoms with Gasteiger partial charge in [-0.3, -0.25) is 4.79 Å². The minimum Gasteiger partial charge on any atom is -0.494 e. The van der Waals surface area contributed by atoms with Crippen LogP contribution in [0.4, 0.5) is 5.13 Å². The maximum atomic E-state index is 13.2. The number of fused-ring (bicyclic) bond motifs is 1. The first-order valence-corrected chi connectivity index (χ1v) is 14.1. The highest BCUT2D eigenvalue weighted by molar-refractivity contribution is 7.91. The van der Waals surface area contributed by atoms with Crippen molar-refractivity contribution in [2.45, 2.75) is 17.1 Å².